The highest BCUT2D eigenvalue weighted by Gasteiger charge is 2.33. The molecule has 0 saturated carbocycles. The molecule has 0 saturated heterocycles. The number of anilines is 4. The molecular formula is C28H20N4O4. The van der Waals surface area contributed by atoms with Crippen molar-refractivity contribution < 1.29 is 19.2 Å². The number of rotatable bonds is 4. The lowest BCUT2D eigenvalue weighted by Crippen LogP contribution is -2.28. The molecular weight excluding hydrogens is 456 g/mol. The number of urea groups is 2. The first-order valence-corrected chi connectivity index (χ1v) is 11.1. The number of carbonyl (C=O) groups is 4. The van der Waals surface area contributed by atoms with Gasteiger partial charge < -0.3 is 21.3 Å². The quantitative estimate of drug-likeness (QED) is 0.264. The summed E-state index contributed by atoms with van der Waals surface area (Å²) in [4.78, 5) is 52.3. The molecule has 0 aliphatic heterocycles. The molecule has 0 atom stereocenters. The van der Waals surface area contributed by atoms with E-state index in [-0.39, 0.29) is 39.4 Å². The Morgan fingerprint density at radius 2 is 0.972 bits per heavy atom. The van der Waals surface area contributed by atoms with Crippen molar-refractivity contribution in [2.75, 3.05) is 21.3 Å². The predicted molar refractivity (Wildman–Crippen MR) is 138 cm³/mol. The van der Waals surface area contributed by atoms with Gasteiger partial charge in [0.15, 0.2) is 11.6 Å². The molecule has 0 bridgehead atoms. The van der Waals surface area contributed by atoms with Crippen LogP contribution in [0.1, 0.15) is 31.8 Å². The Kier molecular flexibility index (Phi) is 5.98. The van der Waals surface area contributed by atoms with Gasteiger partial charge >= 0.3 is 12.1 Å². The number of hydrogen-bond acceptors (Lipinski definition) is 4. The maximum absolute atomic E-state index is 13.5. The van der Waals surface area contributed by atoms with E-state index >= 15 is 0 Å². The number of carbonyl (C=O) groups excluding carboxylic acids is 4. The SMILES string of the molecule is O=C(Nc1ccccc1)Nc1ccc2c(c1NC(=O)Nc1ccccc1)C(=O)c1ccccc1C2=O. The summed E-state index contributed by atoms with van der Waals surface area (Å²) in [5.74, 6) is -0.769. The van der Waals surface area contributed by atoms with Gasteiger partial charge in [-0.05, 0) is 36.4 Å². The maximum atomic E-state index is 13.5. The molecule has 0 unspecified atom stereocenters. The standard InChI is InChI=1S/C28H20N4O4/c33-25-19-13-7-8-14-20(19)26(34)23-21(25)15-16-22(31-27(35)29-17-9-3-1-4-10-17)24(23)32-28(36)30-18-11-5-2-6-12-18/h1-16H,(H2,29,31,35)(H2,30,32,36). The summed E-state index contributed by atoms with van der Waals surface area (Å²) >= 11 is 0. The molecule has 1 aliphatic rings. The molecule has 4 aromatic rings. The van der Waals surface area contributed by atoms with Crippen LogP contribution in [0.4, 0.5) is 32.3 Å². The fraction of sp³-hybridized carbons (Fsp3) is 0. The van der Waals surface area contributed by atoms with Crippen molar-refractivity contribution >= 4 is 46.4 Å². The van der Waals surface area contributed by atoms with Gasteiger partial charge in [-0.2, -0.15) is 0 Å². The van der Waals surface area contributed by atoms with Crippen molar-refractivity contribution in [1.82, 2.24) is 0 Å². The van der Waals surface area contributed by atoms with E-state index in [1.165, 1.54) is 12.1 Å². The Labute approximate surface area is 206 Å². The zero-order chi connectivity index (χ0) is 25.1. The second kappa shape index (κ2) is 9.55. The van der Waals surface area contributed by atoms with Crippen LogP contribution in [0, 0.1) is 0 Å². The van der Waals surface area contributed by atoms with Crippen LogP contribution in [-0.2, 0) is 0 Å². The first-order chi connectivity index (χ1) is 17.5. The largest absolute Gasteiger partial charge is 0.323 e. The van der Waals surface area contributed by atoms with Gasteiger partial charge in [-0.1, -0.05) is 60.7 Å². The highest BCUT2D eigenvalue weighted by molar-refractivity contribution is 6.31. The second-order valence-electron chi connectivity index (χ2n) is 8.00. The van der Waals surface area contributed by atoms with Crippen molar-refractivity contribution in [2.45, 2.75) is 0 Å². The molecule has 0 heterocycles. The van der Waals surface area contributed by atoms with E-state index in [1.807, 2.05) is 12.1 Å². The van der Waals surface area contributed by atoms with Gasteiger partial charge in [-0.25, -0.2) is 9.59 Å². The topological polar surface area (TPSA) is 116 Å². The number of benzene rings is 4. The number of ketones is 2. The van der Waals surface area contributed by atoms with Crippen LogP contribution < -0.4 is 21.3 Å². The molecule has 8 heteroatoms. The van der Waals surface area contributed by atoms with Crippen molar-refractivity contribution in [2.24, 2.45) is 0 Å². The monoisotopic (exact) mass is 476 g/mol. The molecule has 5 rings (SSSR count). The van der Waals surface area contributed by atoms with Crippen LogP contribution >= 0.6 is 0 Å². The lowest BCUT2D eigenvalue weighted by Gasteiger charge is -2.23. The molecule has 4 N–H and O–H groups in total. The van der Waals surface area contributed by atoms with Crippen LogP contribution in [0.3, 0.4) is 0 Å². The maximum Gasteiger partial charge on any atom is 0.323 e. The Balaban J connectivity index is 1.53. The molecule has 4 aromatic carbocycles. The predicted octanol–water partition coefficient (Wildman–Crippen LogP) is 5.75. The molecule has 8 nitrogen and oxygen atoms in total. The zero-order valence-electron chi connectivity index (χ0n) is 18.9. The molecule has 0 aromatic heterocycles. The normalized spacial score (nSPS) is 11.7. The van der Waals surface area contributed by atoms with Crippen LogP contribution in [0.5, 0.6) is 0 Å². The van der Waals surface area contributed by atoms with E-state index < -0.39 is 17.8 Å². The van der Waals surface area contributed by atoms with E-state index in [4.69, 9.17) is 0 Å². The fourth-order valence-corrected chi connectivity index (χ4v) is 4.02. The smallest absolute Gasteiger partial charge is 0.308 e. The average molecular weight is 476 g/mol. The summed E-state index contributed by atoms with van der Waals surface area (Å²) < 4.78 is 0. The van der Waals surface area contributed by atoms with Crippen molar-refractivity contribution in [3.05, 3.63) is 119 Å². The zero-order valence-corrected chi connectivity index (χ0v) is 18.9. The summed E-state index contributed by atoms with van der Waals surface area (Å²) in [5, 5.41) is 10.7. The van der Waals surface area contributed by atoms with Gasteiger partial charge in [0, 0.05) is 28.1 Å². The molecule has 0 fully saturated rings. The number of nitrogens with one attached hydrogen (secondary N) is 4. The summed E-state index contributed by atoms with van der Waals surface area (Å²) in [6.07, 6.45) is 0. The number of para-hydroxylation sites is 2. The molecule has 0 radical (unpaired) electrons. The lowest BCUT2D eigenvalue weighted by molar-refractivity contribution is 0.0979. The number of amides is 4. The van der Waals surface area contributed by atoms with Gasteiger partial charge in [0.2, 0.25) is 0 Å². The van der Waals surface area contributed by atoms with E-state index in [2.05, 4.69) is 21.3 Å². The van der Waals surface area contributed by atoms with Crippen LogP contribution in [-0.4, -0.2) is 23.6 Å². The average Bonchev–Trinajstić information content (AvgIpc) is 2.89. The van der Waals surface area contributed by atoms with E-state index in [1.54, 1.807) is 72.8 Å². The minimum Gasteiger partial charge on any atom is -0.308 e. The molecule has 36 heavy (non-hydrogen) atoms. The minimum atomic E-state index is -0.639. The van der Waals surface area contributed by atoms with Crippen LogP contribution in [0.15, 0.2) is 97.1 Å². The van der Waals surface area contributed by atoms with Gasteiger partial charge in [0.1, 0.15) is 0 Å². The van der Waals surface area contributed by atoms with Crippen molar-refractivity contribution in [1.29, 1.82) is 0 Å². The number of fused-ring (bicyclic) bond motifs is 2. The van der Waals surface area contributed by atoms with Gasteiger partial charge in [0.25, 0.3) is 0 Å². The van der Waals surface area contributed by atoms with E-state index in [0.29, 0.717) is 11.4 Å². The molecule has 176 valence electrons. The summed E-state index contributed by atoms with van der Waals surface area (Å²) in [6, 6.07) is 25.8. The van der Waals surface area contributed by atoms with Crippen molar-refractivity contribution in [3.8, 4) is 0 Å². The summed E-state index contributed by atoms with van der Waals surface area (Å²) in [6.45, 7) is 0. The number of hydrogen-bond donors (Lipinski definition) is 4. The molecule has 0 spiro atoms. The van der Waals surface area contributed by atoms with Gasteiger partial charge in [0.05, 0.1) is 16.9 Å². The molecule has 1 aliphatic carbocycles. The fourth-order valence-electron chi connectivity index (χ4n) is 4.02. The van der Waals surface area contributed by atoms with Crippen LogP contribution in [0.25, 0.3) is 0 Å². The molecule has 4 amide bonds. The van der Waals surface area contributed by atoms with Gasteiger partial charge in [-0.15, -0.1) is 0 Å². The second-order valence-corrected chi connectivity index (χ2v) is 8.00. The third kappa shape index (κ3) is 4.43. The first kappa shape index (κ1) is 22.5. The third-order valence-corrected chi connectivity index (χ3v) is 5.64. The Morgan fingerprint density at radius 3 is 1.56 bits per heavy atom. The third-order valence-electron chi connectivity index (χ3n) is 5.64. The Bertz CT molecular complexity index is 1500. The highest BCUT2D eigenvalue weighted by Crippen LogP contribution is 2.37. The van der Waals surface area contributed by atoms with E-state index in [9.17, 15) is 19.2 Å². The Morgan fingerprint density at radius 1 is 0.472 bits per heavy atom. The summed E-state index contributed by atoms with van der Waals surface area (Å²) in [7, 11) is 0. The summed E-state index contributed by atoms with van der Waals surface area (Å²) in [5.41, 5.74) is 1.95. The van der Waals surface area contributed by atoms with Crippen molar-refractivity contribution in [3.63, 3.8) is 0 Å². The minimum absolute atomic E-state index is 0.0134. The van der Waals surface area contributed by atoms with Gasteiger partial charge in [-0.3, -0.25) is 9.59 Å². The Hall–Kier alpha value is -5.24. The highest BCUT2D eigenvalue weighted by atomic mass is 16.2. The first-order valence-electron chi connectivity index (χ1n) is 11.1. The van der Waals surface area contributed by atoms with E-state index in [0.717, 1.165) is 0 Å². The lowest BCUT2D eigenvalue weighted by atomic mass is 9.83. The van der Waals surface area contributed by atoms with Crippen LogP contribution in [0.2, 0.25) is 0 Å².